The fraction of sp³-hybridized carbons (Fsp3) is 0.350. The van der Waals surface area contributed by atoms with E-state index in [1.54, 1.807) is 6.92 Å². The van der Waals surface area contributed by atoms with Crippen LogP contribution in [0.25, 0.3) is 11.1 Å². The van der Waals surface area contributed by atoms with Crippen LogP contribution < -0.4 is 0 Å². The van der Waals surface area contributed by atoms with Crippen LogP contribution in [0.5, 0.6) is 0 Å². The maximum atomic E-state index is 12.3. The smallest absolute Gasteiger partial charge is 0.409 e. The molecule has 0 aromatic heterocycles. The summed E-state index contributed by atoms with van der Waals surface area (Å²) in [5.74, 6) is 0.0617. The van der Waals surface area contributed by atoms with Gasteiger partial charge in [-0.2, -0.15) is 0 Å². The Balaban J connectivity index is 1.77. The van der Waals surface area contributed by atoms with Crippen molar-refractivity contribution < 1.29 is 14.6 Å². The molecule has 1 aliphatic rings. The Bertz CT molecular complexity index is 681. The number of carbonyl (C=O) groups excluding carboxylic acids is 1. The molecule has 0 spiro atoms. The summed E-state index contributed by atoms with van der Waals surface area (Å²) in [6.45, 7) is 4.65. The average molecular weight is 325 g/mol. The molecule has 1 amide bonds. The van der Waals surface area contributed by atoms with Crippen LogP contribution in [-0.2, 0) is 4.74 Å². The molecular formula is C20H23NO3. The zero-order chi connectivity index (χ0) is 17.1. The van der Waals surface area contributed by atoms with E-state index in [1.807, 2.05) is 31.2 Å². The largest absolute Gasteiger partial charge is 0.448 e. The number of aliphatic hydroxyl groups is 1. The summed E-state index contributed by atoms with van der Waals surface area (Å²) < 4.78 is 5.57. The number of likely N-dealkylation sites (N-methyl/N-ethyl adjacent to an activating group) is 1. The van der Waals surface area contributed by atoms with Crippen molar-refractivity contribution in [2.24, 2.45) is 0 Å². The van der Waals surface area contributed by atoms with Crippen molar-refractivity contribution in [1.29, 1.82) is 0 Å². The Hall–Kier alpha value is -2.33. The summed E-state index contributed by atoms with van der Waals surface area (Å²) >= 11 is 0. The fourth-order valence-electron chi connectivity index (χ4n) is 3.34. The zero-order valence-electron chi connectivity index (χ0n) is 14.1. The van der Waals surface area contributed by atoms with E-state index in [4.69, 9.17) is 4.74 Å². The Labute approximate surface area is 142 Å². The van der Waals surface area contributed by atoms with Gasteiger partial charge in [0.2, 0.25) is 0 Å². The molecular weight excluding hydrogens is 302 g/mol. The molecule has 0 saturated heterocycles. The van der Waals surface area contributed by atoms with E-state index < -0.39 is 6.10 Å². The Kier molecular flexibility index (Phi) is 4.86. The average Bonchev–Trinajstić information content (AvgIpc) is 2.91. The van der Waals surface area contributed by atoms with Gasteiger partial charge in [-0.05, 0) is 36.1 Å². The van der Waals surface area contributed by atoms with Gasteiger partial charge in [0.1, 0.15) is 6.61 Å². The summed E-state index contributed by atoms with van der Waals surface area (Å²) in [6.07, 6.45) is -0.939. The molecule has 126 valence electrons. The zero-order valence-corrected chi connectivity index (χ0v) is 14.1. The molecule has 3 rings (SSSR count). The monoisotopic (exact) mass is 325 g/mol. The standard InChI is InChI=1S/C20H23NO3/c1-3-21(12-14(2)22)20(23)24-13-19-17-10-6-4-8-15(17)16-9-5-7-11-18(16)19/h4-11,14,19,22H,3,12-13H2,1-2H3/t14-/m0/s1. The van der Waals surface area contributed by atoms with E-state index in [0.717, 1.165) is 0 Å². The molecule has 0 bridgehead atoms. The number of fused-ring (bicyclic) bond motifs is 3. The second-order valence-corrected chi connectivity index (χ2v) is 6.19. The van der Waals surface area contributed by atoms with Gasteiger partial charge in [0, 0.05) is 19.0 Å². The number of nitrogens with zero attached hydrogens (tertiary/aromatic N) is 1. The first kappa shape index (κ1) is 16.5. The minimum Gasteiger partial charge on any atom is -0.448 e. The first-order chi connectivity index (χ1) is 11.6. The van der Waals surface area contributed by atoms with Crippen molar-refractivity contribution in [3.63, 3.8) is 0 Å². The van der Waals surface area contributed by atoms with Crippen LogP contribution in [0.3, 0.4) is 0 Å². The molecule has 2 aromatic carbocycles. The summed E-state index contributed by atoms with van der Waals surface area (Å²) in [5.41, 5.74) is 4.83. The Morgan fingerprint density at radius 3 is 2.17 bits per heavy atom. The van der Waals surface area contributed by atoms with Crippen molar-refractivity contribution in [1.82, 2.24) is 4.90 Å². The van der Waals surface area contributed by atoms with Gasteiger partial charge in [-0.15, -0.1) is 0 Å². The van der Waals surface area contributed by atoms with Gasteiger partial charge >= 0.3 is 6.09 Å². The normalized spacial score (nSPS) is 14.0. The van der Waals surface area contributed by atoms with Gasteiger partial charge in [0.15, 0.2) is 0 Å². The molecule has 0 saturated carbocycles. The van der Waals surface area contributed by atoms with E-state index in [2.05, 4.69) is 24.3 Å². The lowest BCUT2D eigenvalue weighted by molar-refractivity contribution is 0.0783. The van der Waals surface area contributed by atoms with E-state index in [1.165, 1.54) is 27.2 Å². The highest BCUT2D eigenvalue weighted by molar-refractivity contribution is 5.79. The number of hydrogen-bond donors (Lipinski definition) is 1. The minimum absolute atomic E-state index is 0.0617. The van der Waals surface area contributed by atoms with Crippen LogP contribution in [0.15, 0.2) is 48.5 Å². The molecule has 0 radical (unpaired) electrons. The third-order valence-corrected chi connectivity index (χ3v) is 4.46. The number of hydrogen-bond acceptors (Lipinski definition) is 3. The number of carbonyl (C=O) groups is 1. The van der Waals surface area contributed by atoms with Gasteiger partial charge in [0.05, 0.1) is 6.10 Å². The molecule has 2 aromatic rings. The topological polar surface area (TPSA) is 49.8 Å². The lowest BCUT2D eigenvalue weighted by atomic mass is 9.98. The molecule has 24 heavy (non-hydrogen) atoms. The summed E-state index contributed by atoms with van der Waals surface area (Å²) in [6, 6.07) is 16.5. The van der Waals surface area contributed by atoms with E-state index in [-0.39, 0.29) is 18.6 Å². The minimum atomic E-state index is -0.564. The van der Waals surface area contributed by atoms with Gasteiger partial charge in [-0.25, -0.2) is 4.79 Å². The van der Waals surface area contributed by atoms with Gasteiger partial charge in [-0.1, -0.05) is 48.5 Å². The van der Waals surface area contributed by atoms with E-state index >= 15 is 0 Å². The molecule has 1 aliphatic carbocycles. The van der Waals surface area contributed by atoms with Crippen LogP contribution in [-0.4, -0.2) is 41.9 Å². The van der Waals surface area contributed by atoms with Gasteiger partial charge < -0.3 is 14.7 Å². The molecule has 0 unspecified atom stereocenters. The first-order valence-corrected chi connectivity index (χ1v) is 8.39. The highest BCUT2D eigenvalue weighted by Crippen LogP contribution is 2.44. The number of aliphatic hydroxyl groups excluding tert-OH is 1. The number of ether oxygens (including phenoxy) is 1. The Morgan fingerprint density at radius 2 is 1.67 bits per heavy atom. The molecule has 0 aliphatic heterocycles. The molecule has 1 N–H and O–H groups in total. The third kappa shape index (κ3) is 3.15. The summed E-state index contributed by atoms with van der Waals surface area (Å²) in [5, 5.41) is 9.49. The molecule has 4 nitrogen and oxygen atoms in total. The second kappa shape index (κ2) is 7.05. The van der Waals surface area contributed by atoms with Crippen molar-refractivity contribution in [3.05, 3.63) is 59.7 Å². The van der Waals surface area contributed by atoms with Crippen molar-refractivity contribution in [3.8, 4) is 11.1 Å². The lowest BCUT2D eigenvalue weighted by Crippen LogP contribution is -2.37. The number of rotatable bonds is 5. The quantitative estimate of drug-likeness (QED) is 0.913. The molecule has 0 heterocycles. The first-order valence-electron chi connectivity index (χ1n) is 8.39. The predicted octanol–water partition coefficient (Wildman–Crippen LogP) is 3.64. The SMILES string of the molecule is CCN(C[C@H](C)O)C(=O)OCC1c2ccccc2-c2ccccc21. The van der Waals surface area contributed by atoms with Crippen LogP contribution in [0.2, 0.25) is 0 Å². The molecule has 4 heteroatoms. The lowest BCUT2D eigenvalue weighted by Gasteiger charge is -2.23. The highest BCUT2D eigenvalue weighted by atomic mass is 16.6. The van der Waals surface area contributed by atoms with Gasteiger partial charge in [-0.3, -0.25) is 0 Å². The van der Waals surface area contributed by atoms with E-state index in [0.29, 0.717) is 13.2 Å². The van der Waals surface area contributed by atoms with Crippen molar-refractivity contribution in [2.45, 2.75) is 25.9 Å². The maximum Gasteiger partial charge on any atom is 0.409 e. The summed E-state index contributed by atoms with van der Waals surface area (Å²) in [7, 11) is 0. The van der Waals surface area contributed by atoms with Crippen LogP contribution in [0, 0.1) is 0 Å². The van der Waals surface area contributed by atoms with Crippen molar-refractivity contribution in [2.75, 3.05) is 19.7 Å². The third-order valence-electron chi connectivity index (χ3n) is 4.46. The number of benzene rings is 2. The Morgan fingerprint density at radius 1 is 1.12 bits per heavy atom. The van der Waals surface area contributed by atoms with Gasteiger partial charge in [0.25, 0.3) is 0 Å². The fourth-order valence-corrected chi connectivity index (χ4v) is 3.34. The van der Waals surface area contributed by atoms with Crippen molar-refractivity contribution >= 4 is 6.09 Å². The predicted molar refractivity (Wildman–Crippen MR) is 94.0 cm³/mol. The molecule has 1 atom stereocenters. The highest BCUT2D eigenvalue weighted by Gasteiger charge is 2.29. The summed E-state index contributed by atoms with van der Waals surface area (Å²) in [4.78, 5) is 13.8. The number of amides is 1. The van der Waals surface area contributed by atoms with Crippen LogP contribution in [0.4, 0.5) is 4.79 Å². The van der Waals surface area contributed by atoms with Crippen LogP contribution in [0.1, 0.15) is 30.9 Å². The molecule has 0 fully saturated rings. The van der Waals surface area contributed by atoms with E-state index in [9.17, 15) is 9.90 Å². The maximum absolute atomic E-state index is 12.3. The van der Waals surface area contributed by atoms with Crippen LogP contribution >= 0.6 is 0 Å². The second-order valence-electron chi connectivity index (χ2n) is 6.19.